The van der Waals surface area contributed by atoms with Gasteiger partial charge in [0.25, 0.3) is 10.0 Å². The lowest BCUT2D eigenvalue weighted by Gasteiger charge is -2.24. The van der Waals surface area contributed by atoms with Gasteiger partial charge in [0.2, 0.25) is 5.91 Å². The smallest absolute Gasteiger partial charge is 0.264 e. The topological polar surface area (TPSA) is 84.9 Å². The predicted octanol–water partition coefficient (Wildman–Crippen LogP) is 1.95. The molecule has 140 valence electrons. The van der Waals surface area contributed by atoms with Gasteiger partial charge in [0.05, 0.1) is 24.8 Å². The van der Waals surface area contributed by atoms with E-state index >= 15 is 0 Å². The summed E-state index contributed by atoms with van der Waals surface area (Å²) in [6.07, 6.45) is 0. The highest BCUT2D eigenvalue weighted by atomic mass is 32.2. The van der Waals surface area contributed by atoms with Crippen molar-refractivity contribution in [2.24, 2.45) is 0 Å². The summed E-state index contributed by atoms with van der Waals surface area (Å²) in [5, 5.41) is 2.45. The number of aryl methyl sites for hydroxylation is 1. The summed E-state index contributed by atoms with van der Waals surface area (Å²) in [5.41, 5.74) is 1.38. The molecule has 7 nitrogen and oxygen atoms in total. The Kier molecular flexibility index (Phi) is 6.10. The van der Waals surface area contributed by atoms with Crippen molar-refractivity contribution in [3.8, 4) is 11.5 Å². The molecule has 8 heteroatoms. The highest BCUT2D eigenvalue weighted by Crippen LogP contribution is 2.32. The maximum atomic E-state index is 13.2. The fourth-order valence-electron chi connectivity index (χ4n) is 2.34. The summed E-state index contributed by atoms with van der Waals surface area (Å²) < 4.78 is 37.8. The van der Waals surface area contributed by atoms with Crippen LogP contribution in [0.5, 0.6) is 11.5 Å². The number of hydrogen-bond donors (Lipinski definition) is 1. The van der Waals surface area contributed by atoms with Crippen LogP contribution in [0, 0.1) is 6.92 Å². The number of likely N-dealkylation sites (N-methyl/N-ethyl adjacent to an activating group) is 1. The van der Waals surface area contributed by atoms with Crippen molar-refractivity contribution in [3.05, 3.63) is 48.0 Å². The monoisotopic (exact) mass is 378 g/mol. The van der Waals surface area contributed by atoms with Gasteiger partial charge in [-0.25, -0.2) is 8.42 Å². The third-order valence-corrected chi connectivity index (χ3v) is 5.60. The average molecular weight is 378 g/mol. The number of nitrogens with zero attached hydrogens (tertiary/aromatic N) is 1. The van der Waals surface area contributed by atoms with Gasteiger partial charge in [0.1, 0.15) is 6.54 Å². The molecule has 2 rings (SSSR count). The first-order valence-corrected chi connectivity index (χ1v) is 9.29. The van der Waals surface area contributed by atoms with Crippen molar-refractivity contribution in [2.75, 3.05) is 32.1 Å². The second kappa shape index (κ2) is 8.09. The molecule has 0 bridgehead atoms. The van der Waals surface area contributed by atoms with E-state index in [-0.39, 0.29) is 17.2 Å². The number of nitrogens with one attached hydrogen (secondary N) is 1. The van der Waals surface area contributed by atoms with E-state index in [9.17, 15) is 13.2 Å². The molecule has 0 spiro atoms. The van der Waals surface area contributed by atoms with Crippen LogP contribution in [-0.2, 0) is 14.8 Å². The summed E-state index contributed by atoms with van der Waals surface area (Å²) in [6, 6.07) is 11.2. The highest BCUT2D eigenvalue weighted by molar-refractivity contribution is 7.92. The van der Waals surface area contributed by atoms with Gasteiger partial charge in [-0.3, -0.25) is 9.10 Å². The molecule has 2 aromatic rings. The first-order valence-electron chi connectivity index (χ1n) is 7.85. The molecule has 0 fully saturated rings. The molecule has 0 saturated carbocycles. The number of carbonyl (C=O) groups is 1. The molecule has 1 amide bonds. The Bertz CT molecular complexity index is 879. The summed E-state index contributed by atoms with van der Waals surface area (Å²) in [5.74, 6) is 0.284. The lowest BCUT2D eigenvalue weighted by molar-refractivity contribution is -0.119. The fourth-order valence-corrected chi connectivity index (χ4v) is 3.78. The van der Waals surface area contributed by atoms with E-state index in [1.165, 1.54) is 39.5 Å². The Morgan fingerprint density at radius 1 is 1.04 bits per heavy atom. The zero-order valence-electron chi connectivity index (χ0n) is 15.1. The lowest BCUT2D eigenvalue weighted by atomic mass is 10.2. The molecule has 0 unspecified atom stereocenters. The van der Waals surface area contributed by atoms with E-state index in [0.717, 1.165) is 9.87 Å². The number of carbonyl (C=O) groups excluding carboxylic acids is 1. The van der Waals surface area contributed by atoms with E-state index < -0.39 is 15.9 Å². The van der Waals surface area contributed by atoms with Gasteiger partial charge in [-0.1, -0.05) is 17.7 Å². The van der Waals surface area contributed by atoms with Gasteiger partial charge in [-0.05, 0) is 31.2 Å². The Morgan fingerprint density at radius 3 is 2.19 bits per heavy atom. The van der Waals surface area contributed by atoms with E-state index in [2.05, 4.69) is 5.32 Å². The SMILES string of the molecule is CNC(=O)CN(c1ccc(C)cc1)S(=O)(=O)c1ccc(OC)c(OC)c1. The third-order valence-electron chi connectivity index (χ3n) is 3.83. The predicted molar refractivity (Wildman–Crippen MR) is 99.3 cm³/mol. The standard InChI is InChI=1S/C18H22N2O5S/c1-13-5-7-14(8-6-13)20(12-18(21)19-2)26(22,23)15-9-10-16(24-3)17(11-15)25-4/h5-11H,12H2,1-4H3,(H,19,21). The van der Waals surface area contributed by atoms with Crippen LogP contribution in [0.4, 0.5) is 5.69 Å². The molecule has 0 saturated heterocycles. The van der Waals surface area contributed by atoms with E-state index in [0.29, 0.717) is 11.4 Å². The van der Waals surface area contributed by atoms with E-state index in [1.807, 2.05) is 6.92 Å². The summed E-state index contributed by atoms with van der Waals surface area (Å²) >= 11 is 0. The molecular weight excluding hydrogens is 356 g/mol. The highest BCUT2D eigenvalue weighted by Gasteiger charge is 2.28. The van der Waals surface area contributed by atoms with Crippen LogP contribution in [0.15, 0.2) is 47.4 Å². The minimum atomic E-state index is -3.99. The van der Waals surface area contributed by atoms with Crippen LogP contribution < -0.4 is 19.1 Å². The Hall–Kier alpha value is -2.74. The van der Waals surface area contributed by atoms with Crippen molar-refractivity contribution in [3.63, 3.8) is 0 Å². The van der Waals surface area contributed by atoms with Gasteiger partial charge in [0.15, 0.2) is 11.5 Å². The Labute approximate surface area is 153 Å². The number of rotatable bonds is 7. The number of sulfonamides is 1. The van der Waals surface area contributed by atoms with E-state index in [1.54, 1.807) is 24.3 Å². The molecule has 2 aromatic carbocycles. The Morgan fingerprint density at radius 2 is 1.65 bits per heavy atom. The largest absolute Gasteiger partial charge is 0.493 e. The van der Waals surface area contributed by atoms with Crippen LogP contribution in [0.1, 0.15) is 5.56 Å². The quantitative estimate of drug-likeness (QED) is 0.796. The second-order valence-corrected chi connectivity index (χ2v) is 7.40. The maximum Gasteiger partial charge on any atom is 0.264 e. The molecule has 1 N–H and O–H groups in total. The van der Waals surface area contributed by atoms with Gasteiger partial charge in [-0.2, -0.15) is 0 Å². The van der Waals surface area contributed by atoms with E-state index in [4.69, 9.17) is 9.47 Å². The first-order chi connectivity index (χ1) is 12.3. The summed E-state index contributed by atoms with van der Waals surface area (Å²) in [4.78, 5) is 11.9. The van der Waals surface area contributed by atoms with Gasteiger partial charge in [-0.15, -0.1) is 0 Å². The van der Waals surface area contributed by atoms with Crippen molar-refractivity contribution in [1.29, 1.82) is 0 Å². The number of ether oxygens (including phenoxy) is 2. The molecule has 26 heavy (non-hydrogen) atoms. The van der Waals surface area contributed by atoms with Crippen LogP contribution >= 0.6 is 0 Å². The van der Waals surface area contributed by atoms with Crippen molar-refractivity contribution in [2.45, 2.75) is 11.8 Å². The summed E-state index contributed by atoms with van der Waals surface area (Å²) in [7, 11) is 0.360. The summed E-state index contributed by atoms with van der Waals surface area (Å²) in [6.45, 7) is 1.56. The van der Waals surface area contributed by atoms with Crippen LogP contribution in [0.25, 0.3) is 0 Å². The second-order valence-electron chi connectivity index (χ2n) is 5.54. The number of methoxy groups -OCH3 is 2. The molecule has 0 aliphatic heterocycles. The number of benzene rings is 2. The zero-order valence-corrected chi connectivity index (χ0v) is 16.0. The van der Waals surface area contributed by atoms with Crippen LogP contribution in [-0.4, -0.2) is 42.1 Å². The van der Waals surface area contributed by atoms with Gasteiger partial charge >= 0.3 is 0 Å². The number of anilines is 1. The normalized spacial score (nSPS) is 10.9. The molecule has 0 aromatic heterocycles. The molecular formula is C18H22N2O5S. The molecule has 0 heterocycles. The Balaban J connectivity index is 2.54. The van der Waals surface area contributed by atoms with Crippen molar-refractivity contribution >= 4 is 21.6 Å². The molecule has 0 aliphatic rings. The minimum absolute atomic E-state index is 0.000344. The minimum Gasteiger partial charge on any atom is -0.493 e. The first kappa shape index (κ1) is 19.6. The fraction of sp³-hybridized carbons (Fsp3) is 0.278. The van der Waals surface area contributed by atoms with Gasteiger partial charge < -0.3 is 14.8 Å². The van der Waals surface area contributed by atoms with Crippen molar-refractivity contribution < 1.29 is 22.7 Å². The molecule has 0 atom stereocenters. The lowest BCUT2D eigenvalue weighted by Crippen LogP contribution is -2.39. The zero-order chi connectivity index (χ0) is 19.3. The molecule has 0 aliphatic carbocycles. The molecule has 0 radical (unpaired) electrons. The number of hydrogen-bond acceptors (Lipinski definition) is 5. The van der Waals surface area contributed by atoms with Crippen molar-refractivity contribution in [1.82, 2.24) is 5.32 Å². The van der Waals surface area contributed by atoms with Gasteiger partial charge in [0, 0.05) is 13.1 Å². The number of amides is 1. The van der Waals surface area contributed by atoms with Crippen LogP contribution in [0.3, 0.4) is 0 Å². The maximum absolute atomic E-state index is 13.2. The average Bonchev–Trinajstić information content (AvgIpc) is 2.65. The van der Waals surface area contributed by atoms with Crippen LogP contribution in [0.2, 0.25) is 0 Å². The third kappa shape index (κ3) is 4.08.